The molecule has 0 bridgehead atoms. The Morgan fingerprint density at radius 2 is 2.06 bits per heavy atom. The Labute approximate surface area is 97.5 Å². The lowest BCUT2D eigenvalue weighted by atomic mass is 9.83. The molecule has 1 aromatic rings. The molecular weight excluding hydrogens is 198 g/mol. The van der Waals surface area contributed by atoms with Gasteiger partial charge in [0, 0.05) is 17.4 Å². The maximum absolute atomic E-state index is 9.39. The quantitative estimate of drug-likeness (QED) is 0.813. The van der Waals surface area contributed by atoms with Gasteiger partial charge in [0.2, 0.25) is 0 Å². The molecule has 0 atom stereocenters. The molecule has 0 spiro atoms. The Kier molecular flexibility index (Phi) is 2.81. The molecule has 0 heterocycles. The van der Waals surface area contributed by atoms with E-state index in [4.69, 9.17) is 5.73 Å². The first-order valence-electron chi connectivity index (χ1n) is 5.96. The number of hydrogen-bond acceptors (Lipinski definition) is 2. The molecule has 0 radical (unpaired) electrons. The Morgan fingerprint density at radius 1 is 1.38 bits per heavy atom. The van der Waals surface area contributed by atoms with E-state index in [0.717, 1.165) is 6.54 Å². The second-order valence-corrected chi connectivity index (χ2v) is 5.61. The zero-order valence-electron chi connectivity index (χ0n) is 10.2. The molecule has 16 heavy (non-hydrogen) atoms. The fourth-order valence-corrected chi connectivity index (χ4v) is 2.12. The van der Waals surface area contributed by atoms with Crippen LogP contribution in [-0.2, 0) is 10.8 Å². The number of aliphatic hydroxyl groups excluding tert-OH is 1. The van der Waals surface area contributed by atoms with Gasteiger partial charge in [-0.3, -0.25) is 0 Å². The molecule has 0 amide bonds. The Hall–Kier alpha value is -0.860. The average Bonchev–Trinajstić information content (AvgIpc) is 3.10. The average molecular weight is 219 g/mol. The van der Waals surface area contributed by atoms with Crippen molar-refractivity contribution < 1.29 is 5.11 Å². The van der Waals surface area contributed by atoms with E-state index < -0.39 is 0 Å². The largest absolute Gasteiger partial charge is 0.395 e. The van der Waals surface area contributed by atoms with E-state index in [1.807, 2.05) is 0 Å². The number of benzene rings is 1. The molecule has 0 unspecified atom stereocenters. The number of rotatable bonds is 4. The minimum absolute atomic E-state index is 0.166. The van der Waals surface area contributed by atoms with Crippen LogP contribution in [0.3, 0.4) is 0 Å². The van der Waals surface area contributed by atoms with E-state index in [1.54, 1.807) is 0 Å². The molecular formula is C14H21NO. The summed E-state index contributed by atoms with van der Waals surface area (Å²) < 4.78 is 0. The van der Waals surface area contributed by atoms with Crippen molar-refractivity contribution in [1.82, 2.24) is 0 Å². The van der Waals surface area contributed by atoms with Crippen molar-refractivity contribution in [2.75, 3.05) is 13.2 Å². The minimum Gasteiger partial charge on any atom is -0.395 e. The lowest BCUT2D eigenvalue weighted by Gasteiger charge is -2.24. The van der Waals surface area contributed by atoms with Crippen molar-refractivity contribution in [3.63, 3.8) is 0 Å². The second-order valence-electron chi connectivity index (χ2n) is 5.61. The van der Waals surface area contributed by atoms with Gasteiger partial charge in [0.1, 0.15) is 0 Å². The highest BCUT2D eigenvalue weighted by molar-refractivity contribution is 5.37. The molecule has 1 saturated carbocycles. The smallest absolute Gasteiger partial charge is 0.0522 e. The molecule has 0 aromatic heterocycles. The molecule has 2 heteroatoms. The van der Waals surface area contributed by atoms with Crippen LogP contribution in [0.2, 0.25) is 0 Å². The zero-order valence-corrected chi connectivity index (χ0v) is 10.2. The van der Waals surface area contributed by atoms with Crippen molar-refractivity contribution in [3.8, 4) is 0 Å². The zero-order chi connectivity index (χ0) is 11.8. The summed E-state index contributed by atoms with van der Waals surface area (Å²) in [6.45, 7) is 5.03. The lowest BCUT2D eigenvalue weighted by molar-refractivity contribution is 0.218. The van der Waals surface area contributed by atoms with Crippen LogP contribution >= 0.6 is 0 Å². The highest BCUT2D eigenvalue weighted by Gasteiger charge is 2.43. The SMILES string of the molecule is CC(C)(CO)c1cccc(C2(CN)CC2)c1. The summed E-state index contributed by atoms with van der Waals surface area (Å²) in [6.07, 6.45) is 2.40. The van der Waals surface area contributed by atoms with Gasteiger partial charge in [-0.25, -0.2) is 0 Å². The van der Waals surface area contributed by atoms with Crippen molar-refractivity contribution in [1.29, 1.82) is 0 Å². The summed E-state index contributed by atoms with van der Waals surface area (Å²) >= 11 is 0. The Bertz CT molecular complexity index is 359. The monoisotopic (exact) mass is 219 g/mol. The number of nitrogens with two attached hydrogens (primary N) is 1. The highest BCUT2D eigenvalue weighted by atomic mass is 16.3. The molecule has 0 saturated heterocycles. The highest BCUT2D eigenvalue weighted by Crippen LogP contribution is 2.47. The minimum atomic E-state index is -0.166. The van der Waals surface area contributed by atoms with E-state index in [2.05, 4.69) is 38.1 Å². The molecule has 2 nitrogen and oxygen atoms in total. The number of aliphatic hydroxyl groups is 1. The van der Waals surface area contributed by atoms with E-state index in [0.29, 0.717) is 0 Å². The fourth-order valence-electron chi connectivity index (χ4n) is 2.12. The summed E-state index contributed by atoms with van der Waals surface area (Å²) in [5.41, 5.74) is 8.46. The van der Waals surface area contributed by atoms with Crippen LogP contribution < -0.4 is 5.73 Å². The number of hydrogen-bond donors (Lipinski definition) is 2. The standard InChI is InChI=1S/C14H21NO/c1-13(2,10-16)11-4-3-5-12(8-11)14(9-15)6-7-14/h3-5,8,16H,6-7,9-10,15H2,1-2H3. The van der Waals surface area contributed by atoms with Crippen molar-refractivity contribution in [2.45, 2.75) is 37.5 Å². The molecule has 0 aliphatic heterocycles. The molecule has 1 fully saturated rings. The van der Waals surface area contributed by atoms with Gasteiger partial charge in [0.15, 0.2) is 0 Å². The predicted molar refractivity (Wildman–Crippen MR) is 66.5 cm³/mol. The molecule has 1 aromatic carbocycles. The predicted octanol–water partition coefficient (Wildman–Crippen LogP) is 1.95. The third-order valence-corrected chi connectivity index (χ3v) is 3.90. The molecule has 3 N–H and O–H groups in total. The molecule has 88 valence electrons. The lowest BCUT2D eigenvalue weighted by Crippen LogP contribution is -2.24. The first-order chi connectivity index (χ1) is 7.54. The third kappa shape index (κ3) is 1.87. The van der Waals surface area contributed by atoms with Crippen LogP contribution in [0, 0.1) is 0 Å². The first-order valence-corrected chi connectivity index (χ1v) is 5.96. The van der Waals surface area contributed by atoms with Crippen molar-refractivity contribution in [2.24, 2.45) is 5.73 Å². The van der Waals surface area contributed by atoms with E-state index in [1.165, 1.54) is 24.0 Å². The maximum Gasteiger partial charge on any atom is 0.0522 e. The van der Waals surface area contributed by atoms with Gasteiger partial charge < -0.3 is 10.8 Å². The maximum atomic E-state index is 9.39. The van der Waals surface area contributed by atoms with E-state index >= 15 is 0 Å². The first kappa shape index (κ1) is 11.6. The summed E-state index contributed by atoms with van der Waals surface area (Å²) in [5.74, 6) is 0. The van der Waals surface area contributed by atoms with Gasteiger partial charge in [-0.15, -0.1) is 0 Å². The van der Waals surface area contributed by atoms with Crippen molar-refractivity contribution >= 4 is 0 Å². The van der Waals surface area contributed by atoms with Gasteiger partial charge in [-0.2, -0.15) is 0 Å². The van der Waals surface area contributed by atoms with Crippen LogP contribution in [0.4, 0.5) is 0 Å². The Balaban J connectivity index is 2.34. The van der Waals surface area contributed by atoms with Gasteiger partial charge in [-0.05, 0) is 24.0 Å². The molecule has 1 aliphatic rings. The summed E-state index contributed by atoms with van der Waals surface area (Å²) in [4.78, 5) is 0. The van der Waals surface area contributed by atoms with E-state index in [-0.39, 0.29) is 17.4 Å². The summed E-state index contributed by atoms with van der Waals surface area (Å²) in [7, 11) is 0. The van der Waals surface area contributed by atoms with Crippen molar-refractivity contribution in [3.05, 3.63) is 35.4 Å². The van der Waals surface area contributed by atoms with Crippen LogP contribution in [0.1, 0.15) is 37.8 Å². The normalized spacial score (nSPS) is 18.5. The van der Waals surface area contributed by atoms with Crippen LogP contribution in [0.15, 0.2) is 24.3 Å². The van der Waals surface area contributed by atoms with Gasteiger partial charge in [0.05, 0.1) is 6.61 Å². The Morgan fingerprint density at radius 3 is 2.56 bits per heavy atom. The third-order valence-electron chi connectivity index (χ3n) is 3.90. The summed E-state index contributed by atoms with van der Waals surface area (Å²) in [6, 6.07) is 8.55. The summed E-state index contributed by atoms with van der Waals surface area (Å²) in [5, 5.41) is 9.39. The topological polar surface area (TPSA) is 46.2 Å². The fraction of sp³-hybridized carbons (Fsp3) is 0.571. The van der Waals surface area contributed by atoms with Crippen LogP contribution in [0.25, 0.3) is 0 Å². The van der Waals surface area contributed by atoms with Gasteiger partial charge >= 0.3 is 0 Å². The van der Waals surface area contributed by atoms with Gasteiger partial charge in [0.25, 0.3) is 0 Å². The second kappa shape index (κ2) is 3.86. The van der Waals surface area contributed by atoms with Crippen LogP contribution in [0.5, 0.6) is 0 Å². The van der Waals surface area contributed by atoms with E-state index in [9.17, 15) is 5.11 Å². The molecule has 2 rings (SSSR count). The molecule has 1 aliphatic carbocycles. The van der Waals surface area contributed by atoms with Crippen LogP contribution in [-0.4, -0.2) is 18.3 Å². The van der Waals surface area contributed by atoms with Gasteiger partial charge in [-0.1, -0.05) is 38.1 Å².